The van der Waals surface area contributed by atoms with Crippen LogP contribution in [0.3, 0.4) is 0 Å². The van der Waals surface area contributed by atoms with Crippen molar-refractivity contribution < 1.29 is 0 Å². The van der Waals surface area contributed by atoms with Gasteiger partial charge in [-0.2, -0.15) is 0 Å². The molecule has 0 bridgehead atoms. The zero-order valence-corrected chi connectivity index (χ0v) is 12.9. The molecule has 110 valence electrons. The Balaban J connectivity index is 1.80. The Kier molecular flexibility index (Phi) is 4.09. The van der Waals surface area contributed by atoms with Crippen molar-refractivity contribution in [2.75, 3.05) is 19.6 Å². The molecule has 2 unspecified atom stereocenters. The van der Waals surface area contributed by atoms with Crippen LogP contribution < -0.4 is 5.32 Å². The molecule has 0 radical (unpaired) electrons. The van der Waals surface area contributed by atoms with E-state index in [-0.39, 0.29) is 5.54 Å². The van der Waals surface area contributed by atoms with Crippen LogP contribution in [0, 0.1) is 0 Å². The number of nitrogens with zero attached hydrogens (tertiary/aromatic N) is 1. The smallest absolute Gasteiger partial charge is 0.0535 e. The van der Waals surface area contributed by atoms with E-state index in [0.717, 1.165) is 19.6 Å². The van der Waals surface area contributed by atoms with Gasteiger partial charge in [0.15, 0.2) is 0 Å². The highest BCUT2D eigenvalue weighted by Gasteiger charge is 2.34. The first-order chi connectivity index (χ1) is 10.2. The van der Waals surface area contributed by atoms with Gasteiger partial charge in [0.2, 0.25) is 0 Å². The second-order valence-corrected chi connectivity index (χ2v) is 6.18. The molecule has 1 saturated heterocycles. The van der Waals surface area contributed by atoms with Gasteiger partial charge in [0.1, 0.15) is 0 Å². The number of benzene rings is 2. The predicted octanol–water partition coefficient (Wildman–Crippen LogP) is 3.57. The zero-order valence-electron chi connectivity index (χ0n) is 12.9. The number of hydrogen-bond donors (Lipinski definition) is 1. The summed E-state index contributed by atoms with van der Waals surface area (Å²) in [7, 11) is 0. The van der Waals surface area contributed by atoms with Crippen LogP contribution in [-0.4, -0.2) is 24.5 Å². The van der Waals surface area contributed by atoms with Crippen LogP contribution in [0.15, 0.2) is 60.7 Å². The van der Waals surface area contributed by atoms with E-state index in [4.69, 9.17) is 0 Å². The molecule has 0 spiro atoms. The predicted molar refractivity (Wildman–Crippen MR) is 88.2 cm³/mol. The van der Waals surface area contributed by atoms with Gasteiger partial charge in [-0.25, -0.2) is 0 Å². The van der Waals surface area contributed by atoms with E-state index in [9.17, 15) is 0 Å². The third kappa shape index (κ3) is 3.02. The number of nitrogens with one attached hydrogen (secondary N) is 1. The van der Waals surface area contributed by atoms with Gasteiger partial charge in [0, 0.05) is 25.7 Å². The Bertz CT molecular complexity index is 567. The molecule has 2 heteroatoms. The molecule has 1 fully saturated rings. The monoisotopic (exact) mass is 280 g/mol. The largest absolute Gasteiger partial charge is 0.305 e. The second kappa shape index (κ2) is 6.00. The third-order valence-corrected chi connectivity index (χ3v) is 4.67. The summed E-state index contributed by atoms with van der Waals surface area (Å²) < 4.78 is 0. The topological polar surface area (TPSA) is 15.3 Å². The average Bonchev–Trinajstić information content (AvgIpc) is 2.56. The van der Waals surface area contributed by atoms with Gasteiger partial charge in [0.05, 0.1) is 5.54 Å². The molecule has 1 heterocycles. The Morgan fingerprint density at radius 2 is 1.62 bits per heavy atom. The molecule has 21 heavy (non-hydrogen) atoms. The van der Waals surface area contributed by atoms with Crippen LogP contribution >= 0.6 is 0 Å². The van der Waals surface area contributed by atoms with Crippen molar-refractivity contribution in [1.29, 1.82) is 0 Å². The van der Waals surface area contributed by atoms with E-state index >= 15 is 0 Å². The number of rotatable bonds is 3. The first-order valence-corrected chi connectivity index (χ1v) is 7.79. The molecule has 1 N–H and O–H groups in total. The van der Waals surface area contributed by atoms with E-state index in [1.165, 1.54) is 11.1 Å². The fraction of sp³-hybridized carbons (Fsp3) is 0.368. The SMILES string of the molecule is CC(c1ccccc1)N1CCNC(C)(c2ccccc2)C1. The summed E-state index contributed by atoms with van der Waals surface area (Å²) >= 11 is 0. The van der Waals surface area contributed by atoms with Crippen molar-refractivity contribution in [2.24, 2.45) is 0 Å². The van der Waals surface area contributed by atoms with Crippen molar-refractivity contribution in [3.05, 3.63) is 71.8 Å². The van der Waals surface area contributed by atoms with Gasteiger partial charge in [0.25, 0.3) is 0 Å². The minimum Gasteiger partial charge on any atom is -0.305 e. The molecule has 0 aromatic heterocycles. The lowest BCUT2D eigenvalue weighted by Gasteiger charge is -2.44. The summed E-state index contributed by atoms with van der Waals surface area (Å²) in [6.07, 6.45) is 0. The van der Waals surface area contributed by atoms with Gasteiger partial charge in [-0.3, -0.25) is 4.90 Å². The minimum absolute atomic E-state index is 0.0303. The first kappa shape index (κ1) is 14.3. The van der Waals surface area contributed by atoms with Crippen molar-refractivity contribution in [3.8, 4) is 0 Å². The fourth-order valence-electron chi connectivity index (χ4n) is 3.29. The minimum atomic E-state index is 0.0303. The highest BCUT2D eigenvalue weighted by atomic mass is 15.2. The maximum absolute atomic E-state index is 3.71. The van der Waals surface area contributed by atoms with Gasteiger partial charge in [-0.1, -0.05) is 60.7 Å². The molecule has 2 atom stereocenters. The van der Waals surface area contributed by atoms with Crippen molar-refractivity contribution in [3.63, 3.8) is 0 Å². The summed E-state index contributed by atoms with van der Waals surface area (Å²) in [6.45, 7) is 7.78. The van der Waals surface area contributed by atoms with Crippen LogP contribution in [0.5, 0.6) is 0 Å². The Morgan fingerprint density at radius 3 is 2.29 bits per heavy atom. The standard InChI is InChI=1S/C19H24N2/c1-16(17-9-5-3-6-10-17)21-14-13-20-19(2,15-21)18-11-7-4-8-12-18/h3-12,16,20H,13-15H2,1-2H3. The third-order valence-electron chi connectivity index (χ3n) is 4.67. The Morgan fingerprint density at radius 1 is 1.00 bits per heavy atom. The molecule has 0 saturated carbocycles. The van der Waals surface area contributed by atoms with E-state index in [1.54, 1.807) is 0 Å². The number of hydrogen-bond acceptors (Lipinski definition) is 2. The summed E-state index contributed by atoms with van der Waals surface area (Å²) in [5, 5.41) is 3.71. The van der Waals surface area contributed by atoms with Crippen LogP contribution in [-0.2, 0) is 5.54 Å². The van der Waals surface area contributed by atoms with E-state index in [0.29, 0.717) is 6.04 Å². The average molecular weight is 280 g/mol. The van der Waals surface area contributed by atoms with Crippen molar-refractivity contribution >= 4 is 0 Å². The summed E-state index contributed by atoms with van der Waals surface area (Å²) in [6, 6.07) is 22.0. The molecule has 1 aliphatic heterocycles. The molecular weight excluding hydrogens is 256 g/mol. The molecule has 2 aromatic carbocycles. The molecule has 2 nitrogen and oxygen atoms in total. The van der Waals surface area contributed by atoms with Crippen molar-refractivity contribution in [1.82, 2.24) is 10.2 Å². The van der Waals surface area contributed by atoms with Gasteiger partial charge < -0.3 is 5.32 Å². The summed E-state index contributed by atoms with van der Waals surface area (Å²) in [5.41, 5.74) is 2.80. The van der Waals surface area contributed by atoms with Gasteiger partial charge >= 0.3 is 0 Å². The van der Waals surface area contributed by atoms with Crippen LogP contribution in [0.1, 0.15) is 31.0 Å². The number of piperazine rings is 1. The van der Waals surface area contributed by atoms with Crippen LogP contribution in [0.4, 0.5) is 0 Å². The second-order valence-electron chi connectivity index (χ2n) is 6.18. The molecular formula is C19H24N2. The Labute approximate surface area is 127 Å². The van der Waals surface area contributed by atoms with E-state index < -0.39 is 0 Å². The van der Waals surface area contributed by atoms with Gasteiger partial charge in [-0.05, 0) is 25.0 Å². The maximum atomic E-state index is 3.71. The zero-order chi connectivity index (χ0) is 14.7. The molecule has 1 aliphatic rings. The van der Waals surface area contributed by atoms with E-state index in [1.807, 2.05) is 0 Å². The van der Waals surface area contributed by atoms with Crippen molar-refractivity contribution in [2.45, 2.75) is 25.4 Å². The molecule has 0 amide bonds. The lowest BCUT2D eigenvalue weighted by atomic mass is 9.88. The fourth-order valence-corrected chi connectivity index (χ4v) is 3.29. The van der Waals surface area contributed by atoms with Crippen LogP contribution in [0.2, 0.25) is 0 Å². The highest BCUT2D eigenvalue weighted by Crippen LogP contribution is 2.29. The van der Waals surface area contributed by atoms with Crippen LogP contribution in [0.25, 0.3) is 0 Å². The lowest BCUT2D eigenvalue weighted by Crippen LogP contribution is -2.57. The highest BCUT2D eigenvalue weighted by molar-refractivity contribution is 5.26. The van der Waals surface area contributed by atoms with Gasteiger partial charge in [-0.15, -0.1) is 0 Å². The van der Waals surface area contributed by atoms with E-state index in [2.05, 4.69) is 84.7 Å². The lowest BCUT2D eigenvalue weighted by molar-refractivity contribution is 0.106. The maximum Gasteiger partial charge on any atom is 0.0535 e. The molecule has 0 aliphatic carbocycles. The quantitative estimate of drug-likeness (QED) is 0.924. The first-order valence-electron chi connectivity index (χ1n) is 7.79. The Hall–Kier alpha value is -1.64. The summed E-state index contributed by atoms with van der Waals surface area (Å²) in [4.78, 5) is 2.58. The molecule has 2 aromatic rings. The normalized spacial score (nSPS) is 24.7. The molecule has 3 rings (SSSR count). The summed E-state index contributed by atoms with van der Waals surface area (Å²) in [5.74, 6) is 0.